The van der Waals surface area contributed by atoms with Crippen molar-refractivity contribution in [3.05, 3.63) is 27.8 Å². The predicted octanol–water partition coefficient (Wildman–Crippen LogP) is 2.05. The number of hydrogen-bond donors (Lipinski definition) is 1. The Balaban J connectivity index is 2.64. The molecule has 0 aliphatic heterocycles. The van der Waals surface area contributed by atoms with Gasteiger partial charge in [0.2, 0.25) is 0 Å². The quantitative estimate of drug-likeness (QED) is 0.868. The Labute approximate surface area is 87.7 Å². The Morgan fingerprint density at radius 2 is 2.00 bits per heavy atom. The van der Waals surface area contributed by atoms with Gasteiger partial charge in [0.15, 0.2) is 0 Å². The average Bonchev–Trinajstić information content (AvgIpc) is 2.08. The molecule has 1 aromatic rings. The number of rotatable bonds is 3. The second-order valence-corrected chi connectivity index (χ2v) is 3.47. The predicted molar refractivity (Wildman–Crippen MR) is 52.3 cm³/mol. The molecule has 1 N–H and O–H groups in total. The molecule has 5 heteroatoms. The van der Waals surface area contributed by atoms with Gasteiger partial charge in [0.1, 0.15) is 5.75 Å². The van der Waals surface area contributed by atoms with E-state index >= 15 is 0 Å². The van der Waals surface area contributed by atoms with Gasteiger partial charge in [0.25, 0.3) is 0 Å². The molecule has 0 aliphatic carbocycles. The molecule has 1 atom stereocenters. The van der Waals surface area contributed by atoms with Crippen LogP contribution in [0.5, 0.6) is 5.75 Å². The molecule has 0 saturated heterocycles. The van der Waals surface area contributed by atoms with Gasteiger partial charge < -0.3 is 9.84 Å². The van der Waals surface area contributed by atoms with Crippen LogP contribution in [-0.4, -0.2) is 17.4 Å². The van der Waals surface area contributed by atoms with Crippen molar-refractivity contribution in [2.24, 2.45) is 0 Å². The van der Waals surface area contributed by atoms with Crippen LogP contribution in [0.15, 0.2) is 24.3 Å². The van der Waals surface area contributed by atoms with E-state index in [2.05, 4.69) is 27.3 Å². The number of carboxylic acid groups (broad SMARTS) is 1. The summed E-state index contributed by atoms with van der Waals surface area (Å²) in [5, 5.41) is 8.20. The van der Waals surface area contributed by atoms with E-state index in [9.17, 15) is 9.18 Å². The molecule has 0 aromatic heterocycles. The number of carboxylic acids is 1. The summed E-state index contributed by atoms with van der Waals surface area (Å²) in [4.78, 5) is 10.1. The number of aliphatic carboxylic acids is 1. The monoisotopic (exact) mass is 296 g/mol. The minimum atomic E-state index is -2.31. The molecule has 1 unspecified atom stereocenters. The summed E-state index contributed by atoms with van der Waals surface area (Å²) < 4.78 is 17.9. The summed E-state index contributed by atoms with van der Waals surface area (Å²) in [5.41, 5.74) is 0. The van der Waals surface area contributed by atoms with Crippen LogP contribution in [0, 0.1) is 3.57 Å². The van der Waals surface area contributed by atoms with E-state index in [0.29, 0.717) is 0 Å². The van der Waals surface area contributed by atoms with Gasteiger partial charge in [-0.2, -0.15) is 4.39 Å². The van der Waals surface area contributed by atoms with Crippen molar-refractivity contribution >= 4 is 28.6 Å². The largest absolute Gasteiger partial charge is 0.476 e. The summed E-state index contributed by atoms with van der Waals surface area (Å²) >= 11 is 2.08. The third-order valence-electron chi connectivity index (χ3n) is 1.25. The van der Waals surface area contributed by atoms with Crippen molar-refractivity contribution in [1.82, 2.24) is 0 Å². The standard InChI is InChI=1S/C8H6FIO3/c9-7(8(11)12)13-6-3-1-5(10)2-4-6/h1-4,7H,(H,11,12). The molecular formula is C8H6FIO3. The molecule has 0 saturated carbocycles. The van der Waals surface area contributed by atoms with Crippen LogP contribution < -0.4 is 4.74 Å². The molecule has 0 aliphatic rings. The second-order valence-electron chi connectivity index (χ2n) is 2.23. The Morgan fingerprint density at radius 1 is 1.46 bits per heavy atom. The Hall–Kier alpha value is -0.850. The fourth-order valence-corrected chi connectivity index (χ4v) is 1.04. The number of alkyl halides is 1. The number of carbonyl (C=O) groups is 1. The lowest BCUT2D eigenvalue weighted by Gasteiger charge is -2.06. The van der Waals surface area contributed by atoms with E-state index < -0.39 is 12.3 Å². The van der Waals surface area contributed by atoms with Crippen LogP contribution in [-0.2, 0) is 4.79 Å². The van der Waals surface area contributed by atoms with Crippen LogP contribution in [0.2, 0.25) is 0 Å². The lowest BCUT2D eigenvalue weighted by molar-refractivity contribution is -0.153. The van der Waals surface area contributed by atoms with Crippen molar-refractivity contribution in [3.63, 3.8) is 0 Å². The summed E-state index contributed by atoms with van der Waals surface area (Å²) in [6.45, 7) is 0. The van der Waals surface area contributed by atoms with Gasteiger partial charge in [-0.25, -0.2) is 4.79 Å². The van der Waals surface area contributed by atoms with E-state index in [-0.39, 0.29) is 5.75 Å². The van der Waals surface area contributed by atoms with E-state index in [0.717, 1.165) is 3.57 Å². The minimum Gasteiger partial charge on any atom is -0.476 e. The maximum atomic E-state index is 12.5. The molecule has 0 amide bonds. The van der Waals surface area contributed by atoms with Gasteiger partial charge >= 0.3 is 12.3 Å². The first kappa shape index (κ1) is 10.2. The van der Waals surface area contributed by atoms with E-state index in [1.54, 1.807) is 12.1 Å². The van der Waals surface area contributed by atoms with Gasteiger partial charge in [-0.05, 0) is 46.9 Å². The summed E-state index contributed by atoms with van der Waals surface area (Å²) in [5.74, 6) is -1.42. The van der Waals surface area contributed by atoms with Crippen molar-refractivity contribution in [2.75, 3.05) is 0 Å². The molecule has 0 radical (unpaired) electrons. The first-order valence-electron chi connectivity index (χ1n) is 3.38. The topological polar surface area (TPSA) is 46.5 Å². The molecule has 3 nitrogen and oxygen atoms in total. The molecule has 1 rings (SSSR count). The highest BCUT2D eigenvalue weighted by Crippen LogP contribution is 2.15. The SMILES string of the molecule is O=C(O)C(F)Oc1ccc(I)cc1. The minimum absolute atomic E-state index is 0.204. The highest BCUT2D eigenvalue weighted by atomic mass is 127. The molecular weight excluding hydrogens is 290 g/mol. The van der Waals surface area contributed by atoms with Crippen LogP contribution in [0.1, 0.15) is 0 Å². The second kappa shape index (κ2) is 4.40. The first-order valence-corrected chi connectivity index (χ1v) is 4.46. The van der Waals surface area contributed by atoms with Crippen LogP contribution in [0.3, 0.4) is 0 Å². The van der Waals surface area contributed by atoms with Crippen LogP contribution in [0.25, 0.3) is 0 Å². The number of ether oxygens (including phenoxy) is 1. The zero-order valence-electron chi connectivity index (χ0n) is 6.41. The van der Waals surface area contributed by atoms with Gasteiger partial charge in [0, 0.05) is 3.57 Å². The van der Waals surface area contributed by atoms with Crippen LogP contribution in [0.4, 0.5) is 4.39 Å². The van der Waals surface area contributed by atoms with E-state index in [1.165, 1.54) is 12.1 Å². The zero-order valence-corrected chi connectivity index (χ0v) is 8.56. The third kappa shape index (κ3) is 3.17. The zero-order chi connectivity index (χ0) is 9.84. The summed E-state index contributed by atoms with van der Waals surface area (Å²) in [6.07, 6.45) is -2.31. The number of hydrogen-bond acceptors (Lipinski definition) is 2. The fraction of sp³-hybridized carbons (Fsp3) is 0.125. The van der Waals surface area contributed by atoms with Gasteiger partial charge in [0.05, 0.1) is 0 Å². The lowest BCUT2D eigenvalue weighted by atomic mass is 10.3. The van der Waals surface area contributed by atoms with Crippen molar-refractivity contribution in [2.45, 2.75) is 6.36 Å². The fourth-order valence-electron chi connectivity index (χ4n) is 0.683. The van der Waals surface area contributed by atoms with Gasteiger partial charge in [-0.1, -0.05) is 0 Å². The van der Waals surface area contributed by atoms with Crippen molar-refractivity contribution in [1.29, 1.82) is 0 Å². The van der Waals surface area contributed by atoms with Crippen molar-refractivity contribution < 1.29 is 19.0 Å². The molecule has 0 heterocycles. The number of halogens is 2. The van der Waals surface area contributed by atoms with Gasteiger partial charge in [-0.3, -0.25) is 0 Å². The smallest absolute Gasteiger partial charge is 0.378 e. The first-order chi connectivity index (χ1) is 6.09. The average molecular weight is 296 g/mol. The number of benzene rings is 1. The summed E-state index contributed by atoms with van der Waals surface area (Å²) in [7, 11) is 0. The molecule has 1 aromatic carbocycles. The normalized spacial score (nSPS) is 12.2. The maximum absolute atomic E-state index is 12.5. The molecule has 0 spiro atoms. The Bertz CT molecular complexity index is 299. The Morgan fingerprint density at radius 3 is 2.46 bits per heavy atom. The molecule has 0 bridgehead atoms. The van der Waals surface area contributed by atoms with Crippen LogP contribution >= 0.6 is 22.6 Å². The van der Waals surface area contributed by atoms with Gasteiger partial charge in [-0.15, -0.1) is 0 Å². The van der Waals surface area contributed by atoms with Crippen molar-refractivity contribution in [3.8, 4) is 5.75 Å². The maximum Gasteiger partial charge on any atom is 0.378 e. The molecule has 13 heavy (non-hydrogen) atoms. The highest BCUT2D eigenvalue weighted by molar-refractivity contribution is 14.1. The Kier molecular flexibility index (Phi) is 3.47. The molecule has 0 fully saturated rings. The van der Waals surface area contributed by atoms with E-state index in [1.807, 2.05) is 0 Å². The third-order valence-corrected chi connectivity index (χ3v) is 1.97. The molecule has 70 valence electrons. The summed E-state index contributed by atoms with van der Waals surface area (Å²) in [6, 6.07) is 6.42. The highest BCUT2D eigenvalue weighted by Gasteiger charge is 2.16. The van der Waals surface area contributed by atoms with E-state index in [4.69, 9.17) is 5.11 Å². The lowest BCUT2D eigenvalue weighted by Crippen LogP contribution is -2.21.